The molecule has 1 heterocycles. The molecule has 0 bridgehead atoms. The molecule has 0 aliphatic rings. The molecule has 0 aliphatic carbocycles. The molecule has 3 heteroatoms. The summed E-state index contributed by atoms with van der Waals surface area (Å²) in [6.07, 6.45) is 0.995. The van der Waals surface area contributed by atoms with Gasteiger partial charge in [0, 0.05) is 25.8 Å². The monoisotopic (exact) mass is 392 g/mol. The zero-order chi connectivity index (χ0) is 10.8. The fraction of sp³-hybridized carbons (Fsp3) is 0.308. The third kappa shape index (κ3) is 2.26. The first kappa shape index (κ1) is 13.1. The molecule has 0 aliphatic heterocycles. The van der Waals surface area contributed by atoms with Crippen molar-refractivity contribution < 1.29 is 20.1 Å². The second-order valence-electron chi connectivity index (χ2n) is 3.67. The molecule has 0 fully saturated rings. The van der Waals surface area contributed by atoms with Crippen LogP contribution in [0.2, 0.25) is 0 Å². The van der Waals surface area contributed by atoms with Crippen molar-refractivity contribution in [3.63, 3.8) is 0 Å². The third-order valence-electron chi connectivity index (χ3n) is 2.74. The minimum absolute atomic E-state index is 0. The number of hydrogen-bond acceptors (Lipinski definition) is 1. The number of para-hydroxylation sites is 1. The minimum atomic E-state index is 0. The Balaban J connectivity index is 0.00000128. The van der Waals surface area contributed by atoms with E-state index in [1.807, 2.05) is 35.9 Å². The van der Waals surface area contributed by atoms with Crippen molar-refractivity contribution in [2.24, 2.45) is 0 Å². The molecule has 2 nitrogen and oxygen atoms in total. The van der Waals surface area contributed by atoms with Gasteiger partial charge < -0.3 is 0 Å². The Kier molecular flexibility index (Phi) is 4.45. The molecule has 0 amide bonds. The Hall–Kier alpha value is -0.921. The summed E-state index contributed by atoms with van der Waals surface area (Å²) in [6.45, 7) is 6.33. The fourth-order valence-corrected chi connectivity index (χ4v) is 1.78. The van der Waals surface area contributed by atoms with Crippen LogP contribution in [-0.4, -0.2) is 9.78 Å². The quantitative estimate of drug-likeness (QED) is 0.720. The molecule has 0 saturated heterocycles. The van der Waals surface area contributed by atoms with E-state index in [9.17, 15) is 0 Å². The number of nitrogens with zero attached hydrogens (tertiary/aromatic N) is 2. The van der Waals surface area contributed by atoms with Crippen LogP contribution in [0.4, 0.5) is 0 Å². The molecule has 1 radical (unpaired) electrons. The van der Waals surface area contributed by atoms with Gasteiger partial charge in [0.1, 0.15) is 0 Å². The Morgan fingerprint density at radius 1 is 1.31 bits per heavy atom. The van der Waals surface area contributed by atoms with Gasteiger partial charge in [0.25, 0.3) is 0 Å². The summed E-state index contributed by atoms with van der Waals surface area (Å²) in [6, 6.07) is 11.1. The molecule has 0 unspecified atom stereocenters. The molecular weight excluding hydrogens is 376 g/mol. The van der Waals surface area contributed by atoms with Gasteiger partial charge in [0.15, 0.2) is 0 Å². The number of benzene rings is 1. The van der Waals surface area contributed by atoms with E-state index < -0.39 is 0 Å². The van der Waals surface area contributed by atoms with Gasteiger partial charge in [-0.3, -0.25) is 4.68 Å². The molecule has 0 saturated carbocycles. The summed E-state index contributed by atoms with van der Waals surface area (Å²) < 4.78 is 1.99. The molecule has 16 heavy (non-hydrogen) atoms. The van der Waals surface area contributed by atoms with Crippen LogP contribution in [0.3, 0.4) is 0 Å². The normalized spacial score (nSPS) is 9.94. The maximum Gasteiger partial charge on any atom is 0.0629 e. The second kappa shape index (κ2) is 5.42. The second-order valence-corrected chi connectivity index (χ2v) is 3.67. The first-order valence-corrected chi connectivity index (χ1v) is 5.26. The van der Waals surface area contributed by atoms with E-state index in [1.54, 1.807) is 0 Å². The number of rotatable bonds is 2. The topological polar surface area (TPSA) is 17.8 Å². The Labute approximate surface area is 110 Å². The van der Waals surface area contributed by atoms with E-state index in [-0.39, 0.29) is 20.1 Å². The van der Waals surface area contributed by atoms with E-state index in [0.717, 1.165) is 17.8 Å². The summed E-state index contributed by atoms with van der Waals surface area (Å²) >= 11 is 0. The Morgan fingerprint density at radius 2 is 2.06 bits per heavy atom. The van der Waals surface area contributed by atoms with Crippen LogP contribution < -0.4 is 0 Å². The smallest absolute Gasteiger partial charge is 0.0629 e. The summed E-state index contributed by atoms with van der Waals surface area (Å²) in [4.78, 5) is 0. The van der Waals surface area contributed by atoms with Crippen molar-refractivity contribution >= 4 is 0 Å². The first-order chi connectivity index (χ1) is 7.24. The van der Waals surface area contributed by atoms with Crippen molar-refractivity contribution in [1.29, 1.82) is 0 Å². The van der Waals surface area contributed by atoms with Crippen LogP contribution in [0.5, 0.6) is 0 Å². The van der Waals surface area contributed by atoms with Crippen molar-refractivity contribution in [1.82, 2.24) is 9.78 Å². The third-order valence-corrected chi connectivity index (χ3v) is 2.74. The van der Waals surface area contributed by atoms with Gasteiger partial charge in [-0.15, -0.1) is 6.07 Å². The molecule has 1 aromatic carbocycles. The predicted molar refractivity (Wildman–Crippen MR) is 61.3 cm³/mol. The summed E-state index contributed by atoms with van der Waals surface area (Å²) in [5.41, 5.74) is 4.68. The average Bonchev–Trinajstić information content (AvgIpc) is 2.56. The van der Waals surface area contributed by atoms with Crippen LogP contribution in [-0.2, 0) is 26.5 Å². The first-order valence-electron chi connectivity index (χ1n) is 5.26. The van der Waals surface area contributed by atoms with Crippen LogP contribution in [0.25, 0.3) is 5.69 Å². The molecule has 0 N–H and O–H groups in total. The van der Waals surface area contributed by atoms with Crippen molar-refractivity contribution in [3.05, 3.63) is 47.3 Å². The average molecular weight is 391 g/mol. The van der Waals surface area contributed by atoms with Crippen LogP contribution in [0.15, 0.2) is 24.3 Å². The van der Waals surface area contributed by atoms with E-state index in [2.05, 4.69) is 25.0 Å². The summed E-state index contributed by atoms with van der Waals surface area (Å²) in [5, 5.41) is 4.54. The maximum absolute atomic E-state index is 4.54. The molecular formula is C13H15IrN2-. The molecule has 2 rings (SSSR count). The van der Waals surface area contributed by atoms with Gasteiger partial charge >= 0.3 is 0 Å². The number of hydrogen-bond donors (Lipinski definition) is 0. The Morgan fingerprint density at radius 3 is 2.62 bits per heavy atom. The molecule has 2 aromatic rings. The van der Waals surface area contributed by atoms with Gasteiger partial charge in [-0.1, -0.05) is 6.92 Å². The van der Waals surface area contributed by atoms with Gasteiger partial charge in [-0.25, -0.2) is 0 Å². The Bertz CT molecular complexity index is 460. The van der Waals surface area contributed by atoms with Crippen molar-refractivity contribution in [3.8, 4) is 5.69 Å². The van der Waals surface area contributed by atoms with E-state index >= 15 is 0 Å². The zero-order valence-corrected chi connectivity index (χ0v) is 12.1. The van der Waals surface area contributed by atoms with Crippen molar-refractivity contribution in [2.45, 2.75) is 27.2 Å². The van der Waals surface area contributed by atoms with E-state index in [0.29, 0.717) is 0 Å². The van der Waals surface area contributed by atoms with Crippen molar-refractivity contribution in [2.75, 3.05) is 0 Å². The van der Waals surface area contributed by atoms with E-state index in [4.69, 9.17) is 0 Å². The van der Waals surface area contributed by atoms with Gasteiger partial charge in [-0.05, 0) is 31.5 Å². The van der Waals surface area contributed by atoms with Gasteiger partial charge in [0.05, 0.1) is 5.69 Å². The van der Waals surface area contributed by atoms with Crippen LogP contribution in [0.1, 0.15) is 23.9 Å². The zero-order valence-electron chi connectivity index (χ0n) is 9.74. The molecule has 1 aromatic heterocycles. The van der Waals surface area contributed by atoms with Gasteiger partial charge in [-0.2, -0.15) is 29.4 Å². The SMILES string of the molecule is CCc1c(C)c(C)nn1-c1[c-]cccc1.[Ir]. The predicted octanol–water partition coefficient (Wildman–Crippen LogP) is 2.85. The molecule has 0 spiro atoms. The number of aryl methyl sites for hydroxylation is 1. The minimum Gasteiger partial charge on any atom is -0.262 e. The largest absolute Gasteiger partial charge is 0.262 e. The summed E-state index contributed by atoms with van der Waals surface area (Å²) in [7, 11) is 0. The van der Waals surface area contributed by atoms with Gasteiger partial charge in [0.2, 0.25) is 0 Å². The fourth-order valence-electron chi connectivity index (χ4n) is 1.78. The molecule has 87 valence electrons. The maximum atomic E-state index is 4.54. The standard InChI is InChI=1S/C13H15N2.Ir/c1-4-13-10(2)11(3)14-15(13)12-8-6-5-7-9-12;/h5-8H,4H2,1-3H3;/q-1;. The van der Waals surface area contributed by atoms with Crippen LogP contribution in [0, 0.1) is 19.9 Å². The summed E-state index contributed by atoms with van der Waals surface area (Å²) in [5.74, 6) is 0. The van der Waals surface area contributed by atoms with E-state index in [1.165, 1.54) is 11.3 Å². The molecule has 0 atom stereocenters. The number of aromatic nitrogens is 2. The van der Waals surface area contributed by atoms with Crippen LogP contribution >= 0.6 is 0 Å².